The number of halogens is 1. The summed E-state index contributed by atoms with van der Waals surface area (Å²) >= 11 is 0. The Morgan fingerprint density at radius 1 is 1.47 bits per heavy atom. The van der Waals surface area contributed by atoms with E-state index in [1.54, 1.807) is 12.1 Å². The van der Waals surface area contributed by atoms with Crippen molar-refractivity contribution in [2.75, 3.05) is 0 Å². The maximum absolute atomic E-state index is 12.4. The van der Waals surface area contributed by atoms with E-state index in [9.17, 15) is 12.3 Å². The number of benzene rings is 1. The van der Waals surface area contributed by atoms with Crippen molar-refractivity contribution in [3.8, 4) is 5.75 Å². The zero-order chi connectivity index (χ0) is 11.1. The number of nitrogens with two attached hydrogens (primary N) is 1. The standard InChI is InChI=1S/C9H10FNO3S/c10-15(12,13)14-9-3-1-2-6-7(9)4-5-8(6)11/h1-3,8H,4-5,11H2/t8-/m1/s1. The molecule has 0 bridgehead atoms. The quantitative estimate of drug-likeness (QED) is 0.777. The van der Waals surface area contributed by atoms with Crippen molar-refractivity contribution in [1.82, 2.24) is 0 Å². The fraction of sp³-hybridized carbons (Fsp3) is 0.333. The third-order valence-electron chi connectivity index (χ3n) is 2.46. The molecule has 4 nitrogen and oxygen atoms in total. The molecule has 1 aromatic carbocycles. The van der Waals surface area contributed by atoms with Crippen molar-refractivity contribution in [2.45, 2.75) is 18.9 Å². The summed E-state index contributed by atoms with van der Waals surface area (Å²) in [5.41, 5.74) is 7.30. The van der Waals surface area contributed by atoms with Gasteiger partial charge in [0.1, 0.15) is 5.75 Å². The minimum Gasteiger partial charge on any atom is -0.358 e. The summed E-state index contributed by atoms with van der Waals surface area (Å²) in [6.45, 7) is 0. The molecule has 0 heterocycles. The molecule has 1 aromatic rings. The van der Waals surface area contributed by atoms with Gasteiger partial charge in [0, 0.05) is 11.6 Å². The van der Waals surface area contributed by atoms with E-state index in [0.717, 1.165) is 12.0 Å². The lowest BCUT2D eigenvalue weighted by molar-refractivity contribution is 0.438. The molecule has 6 heteroatoms. The molecule has 0 saturated carbocycles. The van der Waals surface area contributed by atoms with E-state index in [-0.39, 0.29) is 11.8 Å². The van der Waals surface area contributed by atoms with Crippen molar-refractivity contribution in [3.05, 3.63) is 29.3 Å². The van der Waals surface area contributed by atoms with Crippen LogP contribution in [0.3, 0.4) is 0 Å². The highest BCUT2D eigenvalue weighted by molar-refractivity contribution is 7.81. The number of hydrogen-bond acceptors (Lipinski definition) is 4. The van der Waals surface area contributed by atoms with Gasteiger partial charge in [-0.15, -0.1) is 0 Å². The Morgan fingerprint density at radius 2 is 2.20 bits per heavy atom. The van der Waals surface area contributed by atoms with E-state index in [2.05, 4.69) is 4.18 Å². The highest BCUT2D eigenvalue weighted by Crippen LogP contribution is 2.36. The van der Waals surface area contributed by atoms with Gasteiger partial charge in [-0.05, 0) is 24.5 Å². The third kappa shape index (κ3) is 2.10. The Hall–Kier alpha value is -1.14. The second-order valence-corrected chi connectivity index (χ2v) is 4.40. The fourth-order valence-corrected chi connectivity index (χ4v) is 2.21. The molecule has 82 valence electrons. The van der Waals surface area contributed by atoms with Crippen LogP contribution < -0.4 is 9.92 Å². The van der Waals surface area contributed by atoms with Gasteiger partial charge < -0.3 is 9.92 Å². The Labute approximate surface area is 87.3 Å². The minimum absolute atomic E-state index is 0.0444. The summed E-state index contributed by atoms with van der Waals surface area (Å²) < 4.78 is 37.3. The van der Waals surface area contributed by atoms with Crippen molar-refractivity contribution in [3.63, 3.8) is 0 Å². The van der Waals surface area contributed by atoms with Gasteiger partial charge >= 0.3 is 10.5 Å². The summed E-state index contributed by atoms with van der Waals surface area (Å²) in [6.07, 6.45) is 1.34. The number of fused-ring (bicyclic) bond motifs is 1. The molecular formula is C9H10FNO3S. The molecule has 0 aliphatic heterocycles. The van der Waals surface area contributed by atoms with Crippen LogP contribution in [0.15, 0.2) is 18.2 Å². The summed E-state index contributed by atoms with van der Waals surface area (Å²) in [5.74, 6) is 0.0444. The average molecular weight is 231 g/mol. The molecule has 0 spiro atoms. The van der Waals surface area contributed by atoms with E-state index >= 15 is 0 Å². The summed E-state index contributed by atoms with van der Waals surface area (Å²) in [5, 5.41) is 0. The van der Waals surface area contributed by atoms with Crippen LogP contribution >= 0.6 is 0 Å². The van der Waals surface area contributed by atoms with Crippen molar-refractivity contribution in [1.29, 1.82) is 0 Å². The van der Waals surface area contributed by atoms with Crippen LogP contribution in [0.5, 0.6) is 5.75 Å². The van der Waals surface area contributed by atoms with Crippen LogP contribution in [0.4, 0.5) is 3.89 Å². The molecular weight excluding hydrogens is 221 g/mol. The lowest BCUT2D eigenvalue weighted by Gasteiger charge is -2.07. The van der Waals surface area contributed by atoms with Gasteiger partial charge in [-0.25, -0.2) is 0 Å². The molecule has 0 saturated heterocycles. The molecule has 1 aliphatic carbocycles. The van der Waals surface area contributed by atoms with Gasteiger partial charge in [-0.1, -0.05) is 16.0 Å². The van der Waals surface area contributed by atoms with Crippen LogP contribution in [0.2, 0.25) is 0 Å². The van der Waals surface area contributed by atoms with E-state index in [4.69, 9.17) is 5.73 Å². The predicted octanol–water partition coefficient (Wildman–Crippen LogP) is 1.23. The van der Waals surface area contributed by atoms with E-state index in [0.29, 0.717) is 12.0 Å². The lowest BCUT2D eigenvalue weighted by Crippen LogP contribution is -2.06. The van der Waals surface area contributed by atoms with Crippen LogP contribution in [0.25, 0.3) is 0 Å². The molecule has 0 amide bonds. The number of rotatable bonds is 2. The molecule has 15 heavy (non-hydrogen) atoms. The molecule has 0 radical (unpaired) electrons. The second-order valence-electron chi connectivity index (χ2n) is 3.45. The molecule has 1 aliphatic rings. The van der Waals surface area contributed by atoms with Gasteiger partial charge in [-0.3, -0.25) is 0 Å². The lowest BCUT2D eigenvalue weighted by atomic mass is 10.1. The fourth-order valence-electron chi connectivity index (χ4n) is 1.84. The molecule has 0 fully saturated rings. The summed E-state index contributed by atoms with van der Waals surface area (Å²) in [7, 11) is -4.96. The molecule has 0 unspecified atom stereocenters. The first-order valence-corrected chi connectivity index (χ1v) is 5.79. The first-order chi connectivity index (χ1) is 6.97. The summed E-state index contributed by atoms with van der Waals surface area (Å²) in [6, 6.07) is 4.70. The van der Waals surface area contributed by atoms with Gasteiger partial charge in [0.25, 0.3) is 0 Å². The van der Waals surface area contributed by atoms with Crippen LogP contribution in [-0.2, 0) is 16.9 Å². The SMILES string of the molecule is N[C@@H]1CCc2c(OS(=O)(=O)F)cccc21. The van der Waals surface area contributed by atoms with Crippen LogP contribution in [0.1, 0.15) is 23.6 Å². The second kappa shape index (κ2) is 3.46. The normalized spacial score (nSPS) is 20.0. The van der Waals surface area contributed by atoms with Gasteiger partial charge in [0.2, 0.25) is 0 Å². The van der Waals surface area contributed by atoms with Gasteiger partial charge in [-0.2, -0.15) is 8.42 Å². The molecule has 2 N–H and O–H groups in total. The minimum atomic E-state index is -4.96. The largest absolute Gasteiger partial charge is 0.488 e. The Kier molecular flexibility index (Phi) is 2.40. The van der Waals surface area contributed by atoms with E-state index < -0.39 is 10.5 Å². The highest BCUT2D eigenvalue weighted by Gasteiger charge is 2.24. The highest BCUT2D eigenvalue weighted by atomic mass is 32.3. The predicted molar refractivity (Wildman–Crippen MR) is 52.3 cm³/mol. The van der Waals surface area contributed by atoms with Gasteiger partial charge in [0.15, 0.2) is 0 Å². The van der Waals surface area contributed by atoms with E-state index in [1.807, 2.05) is 0 Å². The molecule has 2 rings (SSSR count). The smallest absolute Gasteiger partial charge is 0.358 e. The van der Waals surface area contributed by atoms with Gasteiger partial charge in [0.05, 0.1) is 0 Å². The first kappa shape index (κ1) is 10.4. The number of hydrogen-bond donors (Lipinski definition) is 1. The maximum atomic E-state index is 12.4. The average Bonchev–Trinajstić information content (AvgIpc) is 2.47. The van der Waals surface area contributed by atoms with E-state index in [1.165, 1.54) is 6.07 Å². The Bertz CT molecular complexity index is 486. The third-order valence-corrected chi connectivity index (χ3v) is 2.84. The summed E-state index contributed by atoms with van der Waals surface area (Å²) in [4.78, 5) is 0. The topological polar surface area (TPSA) is 69.4 Å². The monoisotopic (exact) mass is 231 g/mol. The Balaban J connectivity index is 2.43. The van der Waals surface area contributed by atoms with Crippen LogP contribution in [-0.4, -0.2) is 8.42 Å². The molecule has 1 atom stereocenters. The molecule has 0 aromatic heterocycles. The first-order valence-electron chi connectivity index (χ1n) is 4.49. The zero-order valence-electron chi connectivity index (χ0n) is 7.81. The zero-order valence-corrected chi connectivity index (χ0v) is 8.63. The maximum Gasteiger partial charge on any atom is 0.488 e. The Morgan fingerprint density at radius 3 is 2.87 bits per heavy atom. The van der Waals surface area contributed by atoms with Crippen LogP contribution in [0, 0.1) is 0 Å². The van der Waals surface area contributed by atoms with Crippen molar-refractivity contribution >= 4 is 10.5 Å². The van der Waals surface area contributed by atoms with Crippen molar-refractivity contribution < 1.29 is 16.5 Å². The van der Waals surface area contributed by atoms with Crippen molar-refractivity contribution in [2.24, 2.45) is 5.73 Å².